The summed E-state index contributed by atoms with van der Waals surface area (Å²) in [4.78, 5) is 24.4. The first-order valence-electron chi connectivity index (χ1n) is 23.5. The summed E-state index contributed by atoms with van der Waals surface area (Å²) in [7, 11) is 0. The molecule has 1 N–H and O–H groups in total. The number of carbonyl (C=O) groups excluding carboxylic acids is 2. The van der Waals surface area contributed by atoms with E-state index in [9.17, 15) is 14.7 Å². The first-order chi connectivity index (χ1) is 27.6. The number of ether oxygens (including phenoxy) is 2. The van der Waals surface area contributed by atoms with E-state index in [0.717, 1.165) is 77.0 Å². The first-order valence-corrected chi connectivity index (χ1v) is 23.5. The Labute approximate surface area is 346 Å². The van der Waals surface area contributed by atoms with E-state index in [1.54, 1.807) is 0 Å². The minimum atomic E-state index is -0.788. The Morgan fingerprint density at radius 1 is 0.411 bits per heavy atom. The molecule has 0 spiro atoms. The van der Waals surface area contributed by atoms with E-state index >= 15 is 0 Å². The van der Waals surface area contributed by atoms with Crippen LogP contribution in [0.2, 0.25) is 0 Å². The van der Waals surface area contributed by atoms with Gasteiger partial charge in [0.25, 0.3) is 0 Å². The summed E-state index contributed by atoms with van der Waals surface area (Å²) >= 11 is 0. The lowest BCUT2D eigenvalue weighted by atomic mass is 10.1. The molecule has 0 aliphatic carbocycles. The van der Waals surface area contributed by atoms with Crippen LogP contribution < -0.4 is 0 Å². The maximum Gasteiger partial charge on any atom is 0.306 e. The van der Waals surface area contributed by atoms with Crippen molar-refractivity contribution in [2.75, 3.05) is 13.2 Å². The molecule has 1 atom stereocenters. The van der Waals surface area contributed by atoms with Crippen molar-refractivity contribution in [3.05, 3.63) is 72.9 Å². The second kappa shape index (κ2) is 46.7. The van der Waals surface area contributed by atoms with Crippen LogP contribution in [0.5, 0.6) is 0 Å². The van der Waals surface area contributed by atoms with Gasteiger partial charge in [-0.05, 0) is 89.9 Å². The standard InChI is InChI=1S/C51H88O5/c1-3-5-7-9-11-13-15-17-19-21-23-25-27-29-31-33-35-37-39-41-43-45-50(53)55-48-49(47-52)56-51(54)46-44-42-40-38-36-34-32-30-28-26-24-22-20-18-16-14-12-10-8-6-4-2/h15-18,21-24,27-30,49,52H,3-14,19-20,25-26,31-48H2,1-2H3/b17-15-,18-16-,23-21-,24-22-,29-27-,30-28-. The van der Waals surface area contributed by atoms with Crippen molar-refractivity contribution < 1.29 is 24.2 Å². The van der Waals surface area contributed by atoms with Crippen molar-refractivity contribution in [2.24, 2.45) is 0 Å². The number of rotatable bonds is 42. The van der Waals surface area contributed by atoms with Crippen LogP contribution in [0, 0.1) is 0 Å². The van der Waals surface area contributed by atoms with Crippen molar-refractivity contribution in [1.82, 2.24) is 0 Å². The summed E-state index contributed by atoms with van der Waals surface area (Å²) in [5, 5.41) is 9.60. The molecule has 56 heavy (non-hydrogen) atoms. The Kier molecular flexibility index (Phi) is 44.5. The largest absolute Gasteiger partial charge is 0.462 e. The smallest absolute Gasteiger partial charge is 0.306 e. The molecule has 0 aliphatic rings. The van der Waals surface area contributed by atoms with Crippen LogP contribution in [0.4, 0.5) is 0 Å². The Morgan fingerprint density at radius 2 is 0.714 bits per heavy atom. The molecule has 0 aromatic heterocycles. The van der Waals surface area contributed by atoms with Gasteiger partial charge in [0.05, 0.1) is 6.61 Å². The van der Waals surface area contributed by atoms with Crippen LogP contribution in [0.1, 0.15) is 219 Å². The number of carbonyl (C=O) groups is 2. The molecule has 0 rings (SSSR count). The fourth-order valence-corrected chi connectivity index (χ4v) is 6.39. The van der Waals surface area contributed by atoms with Gasteiger partial charge < -0.3 is 14.6 Å². The van der Waals surface area contributed by atoms with Gasteiger partial charge in [-0.1, -0.05) is 189 Å². The van der Waals surface area contributed by atoms with Gasteiger partial charge in [0.2, 0.25) is 0 Å². The van der Waals surface area contributed by atoms with E-state index in [1.165, 1.54) is 116 Å². The van der Waals surface area contributed by atoms with E-state index < -0.39 is 6.10 Å². The average molecular weight is 781 g/mol. The molecule has 0 heterocycles. The normalized spacial score (nSPS) is 12.8. The third-order valence-corrected chi connectivity index (χ3v) is 9.97. The molecule has 0 radical (unpaired) electrons. The molecule has 0 aromatic carbocycles. The van der Waals surface area contributed by atoms with Crippen LogP contribution in [0.3, 0.4) is 0 Å². The van der Waals surface area contributed by atoms with Crippen molar-refractivity contribution in [1.29, 1.82) is 0 Å². The minimum absolute atomic E-state index is 0.0813. The summed E-state index contributed by atoms with van der Waals surface area (Å²) in [6.07, 6.45) is 62.6. The van der Waals surface area contributed by atoms with Crippen LogP contribution in [-0.2, 0) is 19.1 Å². The zero-order valence-electron chi connectivity index (χ0n) is 36.6. The average Bonchev–Trinajstić information content (AvgIpc) is 3.20. The fourth-order valence-electron chi connectivity index (χ4n) is 6.39. The van der Waals surface area contributed by atoms with Gasteiger partial charge in [-0.15, -0.1) is 0 Å². The first kappa shape index (κ1) is 53.3. The highest BCUT2D eigenvalue weighted by Crippen LogP contribution is 2.13. The number of aliphatic hydroxyl groups is 1. The van der Waals surface area contributed by atoms with Gasteiger partial charge in [-0.2, -0.15) is 0 Å². The van der Waals surface area contributed by atoms with E-state index in [1.807, 2.05) is 0 Å². The maximum atomic E-state index is 12.2. The Balaban J connectivity index is 3.61. The predicted molar refractivity (Wildman–Crippen MR) is 242 cm³/mol. The number of aliphatic hydroxyl groups excluding tert-OH is 1. The van der Waals surface area contributed by atoms with Crippen LogP contribution in [-0.4, -0.2) is 36.4 Å². The van der Waals surface area contributed by atoms with Gasteiger partial charge in [0.1, 0.15) is 6.61 Å². The van der Waals surface area contributed by atoms with Crippen molar-refractivity contribution in [2.45, 2.75) is 225 Å². The van der Waals surface area contributed by atoms with E-state index in [0.29, 0.717) is 12.8 Å². The summed E-state index contributed by atoms with van der Waals surface area (Å²) in [5.41, 5.74) is 0. The number of hydrogen-bond donors (Lipinski definition) is 1. The van der Waals surface area contributed by atoms with Gasteiger partial charge in [-0.25, -0.2) is 0 Å². The molecule has 0 amide bonds. The predicted octanol–water partition coefficient (Wildman–Crippen LogP) is 15.3. The highest BCUT2D eigenvalue weighted by atomic mass is 16.6. The molecule has 5 heteroatoms. The molecule has 0 bridgehead atoms. The van der Waals surface area contributed by atoms with Crippen LogP contribution in [0.25, 0.3) is 0 Å². The number of hydrogen-bond acceptors (Lipinski definition) is 5. The molecular weight excluding hydrogens is 693 g/mol. The second-order valence-electron chi connectivity index (χ2n) is 15.5. The molecule has 1 unspecified atom stereocenters. The molecule has 0 aliphatic heterocycles. The third kappa shape index (κ3) is 44.1. The fraction of sp³-hybridized carbons (Fsp3) is 0.725. The maximum absolute atomic E-state index is 12.2. The lowest BCUT2D eigenvalue weighted by Gasteiger charge is -2.15. The molecular formula is C51H88O5. The second-order valence-corrected chi connectivity index (χ2v) is 15.5. The molecule has 0 saturated heterocycles. The van der Waals surface area contributed by atoms with Crippen LogP contribution >= 0.6 is 0 Å². The molecule has 0 fully saturated rings. The zero-order valence-corrected chi connectivity index (χ0v) is 36.6. The number of unbranched alkanes of at least 4 members (excludes halogenated alkanes) is 22. The summed E-state index contributed by atoms with van der Waals surface area (Å²) in [6, 6.07) is 0. The lowest BCUT2D eigenvalue weighted by Crippen LogP contribution is -2.28. The molecule has 322 valence electrons. The molecule has 5 nitrogen and oxygen atoms in total. The molecule has 0 aromatic rings. The van der Waals surface area contributed by atoms with Crippen molar-refractivity contribution in [3.8, 4) is 0 Å². The van der Waals surface area contributed by atoms with E-state index in [2.05, 4.69) is 86.8 Å². The lowest BCUT2D eigenvalue weighted by molar-refractivity contribution is -0.161. The van der Waals surface area contributed by atoms with Crippen LogP contribution in [0.15, 0.2) is 72.9 Å². The number of allylic oxidation sites excluding steroid dienone is 12. The van der Waals surface area contributed by atoms with Crippen molar-refractivity contribution in [3.63, 3.8) is 0 Å². The topological polar surface area (TPSA) is 72.8 Å². The summed E-state index contributed by atoms with van der Waals surface area (Å²) in [5.74, 6) is -0.621. The van der Waals surface area contributed by atoms with Gasteiger partial charge >= 0.3 is 11.9 Å². The quantitative estimate of drug-likeness (QED) is 0.0379. The Bertz CT molecular complexity index is 1020. The van der Waals surface area contributed by atoms with Gasteiger partial charge in [0, 0.05) is 12.8 Å². The Hall–Kier alpha value is -2.66. The summed E-state index contributed by atoms with van der Waals surface area (Å²) in [6.45, 7) is 4.10. The highest BCUT2D eigenvalue weighted by Gasteiger charge is 2.16. The van der Waals surface area contributed by atoms with E-state index in [4.69, 9.17) is 9.47 Å². The van der Waals surface area contributed by atoms with Gasteiger partial charge in [0.15, 0.2) is 6.10 Å². The zero-order chi connectivity index (χ0) is 40.7. The molecule has 0 saturated carbocycles. The van der Waals surface area contributed by atoms with Crippen molar-refractivity contribution >= 4 is 11.9 Å². The highest BCUT2D eigenvalue weighted by molar-refractivity contribution is 5.70. The number of esters is 2. The summed E-state index contributed by atoms with van der Waals surface area (Å²) < 4.78 is 10.6. The third-order valence-electron chi connectivity index (χ3n) is 9.97. The Morgan fingerprint density at radius 3 is 1.07 bits per heavy atom. The minimum Gasteiger partial charge on any atom is -0.462 e. The van der Waals surface area contributed by atoms with Gasteiger partial charge in [-0.3, -0.25) is 9.59 Å². The monoisotopic (exact) mass is 781 g/mol. The SMILES string of the molecule is CCCCCCC/C=C\C/C=C\C/C=C\CCCCCCCCC(=O)OCC(CO)OC(=O)CCCCCCCC/C=C\C/C=C\C/C=C\CCCCCCC. The van der Waals surface area contributed by atoms with E-state index in [-0.39, 0.29) is 25.2 Å².